The molecule has 0 aliphatic rings. The Hall–Kier alpha value is -2.45. The summed E-state index contributed by atoms with van der Waals surface area (Å²) in [5.41, 5.74) is 7.41. The zero-order valence-electron chi connectivity index (χ0n) is 16.8. The maximum absolute atomic E-state index is 6.66. The number of nitrogens with zero attached hydrogens (tertiary/aromatic N) is 1. The molecule has 3 heteroatoms. The molecule has 1 nitrogen and oxygen atoms in total. The van der Waals surface area contributed by atoms with Crippen LogP contribution in [0.25, 0.3) is 27.8 Å². The summed E-state index contributed by atoms with van der Waals surface area (Å²) in [5, 5.41) is 1.76. The highest BCUT2D eigenvalue weighted by molar-refractivity contribution is 6.46. The van der Waals surface area contributed by atoms with E-state index in [-0.39, 0.29) is 5.41 Å². The van der Waals surface area contributed by atoms with Crippen LogP contribution in [0.1, 0.15) is 31.9 Å². The van der Waals surface area contributed by atoms with Gasteiger partial charge in [-0.3, -0.25) is 0 Å². The lowest BCUT2D eigenvalue weighted by Crippen LogP contribution is -2.11. The Kier molecular flexibility index (Phi) is 4.63. The number of rotatable bonds is 2. The third-order valence-electron chi connectivity index (χ3n) is 5.22. The fourth-order valence-corrected chi connectivity index (χ4v) is 3.90. The zero-order valence-corrected chi connectivity index (χ0v) is 17.5. The maximum Gasteiger partial charge on any atom is 0.116 e. The highest BCUT2D eigenvalue weighted by Gasteiger charge is 2.17. The first kappa shape index (κ1) is 18.9. The standard InChI is InChI=1S/C25H23BClN/c1-16-13-20(26)24(27)23(14-16)28-21-8-6-5-7-18(21)15-22(28)17-9-11-19(12-10-17)25(2,3)4/h5-15H,1-4H3. The lowest BCUT2D eigenvalue weighted by Gasteiger charge is -2.20. The molecule has 1 aromatic heterocycles. The molecular formula is C25H23BClN. The third kappa shape index (κ3) is 3.27. The van der Waals surface area contributed by atoms with Gasteiger partial charge in [0.2, 0.25) is 0 Å². The van der Waals surface area contributed by atoms with Gasteiger partial charge in [0.25, 0.3) is 0 Å². The van der Waals surface area contributed by atoms with E-state index in [1.807, 2.05) is 13.0 Å². The van der Waals surface area contributed by atoms with E-state index in [0.717, 1.165) is 28.0 Å². The molecule has 0 saturated heterocycles. The Morgan fingerprint density at radius 3 is 2.25 bits per heavy atom. The largest absolute Gasteiger partial charge is 0.308 e. The van der Waals surface area contributed by atoms with Crippen molar-refractivity contribution in [2.75, 3.05) is 0 Å². The van der Waals surface area contributed by atoms with Gasteiger partial charge in [0.1, 0.15) is 7.85 Å². The van der Waals surface area contributed by atoms with Gasteiger partial charge < -0.3 is 4.57 Å². The molecule has 4 rings (SSSR count). The van der Waals surface area contributed by atoms with Crippen LogP contribution in [0.4, 0.5) is 0 Å². The number of benzene rings is 3. The summed E-state index contributed by atoms with van der Waals surface area (Å²) >= 11 is 6.66. The smallest absolute Gasteiger partial charge is 0.116 e. The summed E-state index contributed by atoms with van der Waals surface area (Å²) in [6.45, 7) is 8.73. The van der Waals surface area contributed by atoms with Gasteiger partial charge in [-0.1, -0.05) is 86.4 Å². The monoisotopic (exact) mass is 383 g/mol. The maximum atomic E-state index is 6.66. The van der Waals surface area contributed by atoms with Gasteiger partial charge in [-0.25, -0.2) is 0 Å². The number of aromatic nitrogens is 1. The minimum absolute atomic E-state index is 0.125. The summed E-state index contributed by atoms with van der Waals surface area (Å²) in [6, 6.07) is 23.4. The second-order valence-corrected chi connectivity index (χ2v) is 8.82. The molecule has 4 aromatic rings. The molecular weight excluding hydrogens is 361 g/mol. The van der Waals surface area contributed by atoms with Crippen molar-refractivity contribution in [3.63, 3.8) is 0 Å². The van der Waals surface area contributed by atoms with Gasteiger partial charge in [-0.2, -0.15) is 0 Å². The molecule has 0 spiro atoms. The summed E-state index contributed by atoms with van der Waals surface area (Å²) in [4.78, 5) is 0. The van der Waals surface area contributed by atoms with Gasteiger partial charge in [0, 0.05) is 5.39 Å². The van der Waals surface area contributed by atoms with Crippen molar-refractivity contribution in [2.24, 2.45) is 0 Å². The molecule has 28 heavy (non-hydrogen) atoms. The van der Waals surface area contributed by atoms with E-state index in [2.05, 4.69) is 86.0 Å². The number of hydrogen-bond acceptors (Lipinski definition) is 0. The van der Waals surface area contributed by atoms with Gasteiger partial charge in [0.15, 0.2) is 0 Å². The van der Waals surface area contributed by atoms with Crippen molar-refractivity contribution >= 4 is 35.8 Å². The minimum atomic E-state index is 0.125. The lowest BCUT2D eigenvalue weighted by atomic mass is 9.86. The van der Waals surface area contributed by atoms with Crippen LogP contribution in [0.5, 0.6) is 0 Å². The van der Waals surface area contributed by atoms with Crippen LogP contribution < -0.4 is 5.46 Å². The average Bonchev–Trinajstić information content (AvgIpc) is 3.03. The molecule has 0 atom stereocenters. The third-order valence-corrected chi connectivity index (χ3v) is 5.64. The fourth-order valence-electron chi connectivity index (χ4n) is 3.71. The first-order valence-corrected chi connectivity index (χ1v) is 9.91. The molecule has 0 aliphatic carbocycles. The number of fused-ring (bicyclic) bond motifs is 1. The van der Waals surface area contributed by atoms with Crippen LogP contribution in [-0.4, -0.2) is 12.4 Å². The van der Waals surface area contributed by atoms with Crippen molar-refractivity contribution in [1.82, 2.24) is 4.57 Å². The second-order valence-electron chi connectivity index (χ2n) is 8.44. The molecule has 0 fully saturated rings. The number of aryl methyl sites for hydroxylation is 1. The summed E-state index contributed by atoms with van der Waals surface area (Å²) in [7, 11) is 6.18. The van der Waals surface area contributed by atoms with Crippen molar-refractivity contribution in [2.45, 2.75) is 33.1 Å². The molecule has 0 bridgehead atoms. The second kappa shape index (κ2) is 6.86. The molecule has 0 unspecified atom stereocenters. The number of para-hydroxylation sites is 1. The lowest BCUT2D eigenvalue weighted by molar-refractivity contribution is 0.590. The van der Waals surface area contributed by atoms with Crippen LogP contribution in [0.3, 0.4) is 0 Å². The van der Waals surface area contributed by atoms with Crippen LogP contribution >= 0.6 is 11.6 Å². The highest BCUT2D eigenvalue weighted by atomic mass is 35.5. The minimum Gasteiger partial charge on any atom is -0.308 e. The van der Waals surface area contributed by atoms with Crippen LogP contribution in [-0.2, 0) is 5.41 Å². The molecule has 0 aliphatic heterocycles. The SMILES string of the molecule is [B]c1cc(C)cc(-n2c(-c3ccc(C(C)(C)C)cc3)cc3ccccc32)c1Cl. The first-order chi connectivity index (χ1) is 13.3. The Bertz CT molecular complexity index is 1160. The van der Waals surface area contributed by atoms with Crippen LogP contribution in [0.15, 0.2) is 66.7 Å². The van der Waals surface area contributed by atoms with E-state index in [1.54, 1.807) is 0 Å². The Labute approximate surface area is 173 Å². The molecule has 1 heterocycles. The van der Waals surface area contributed by atoms with Crippen molar-refractivity contribution < 1.29 is 0 Å². The fraction of sp³-hybridized carbons (Fsp3) is 0.200. The molecule has 0 saturated carbocycles. The summed E-state index contributed by atoms with van der Waals surface area (Å²) in [5.74, 6) is 0. The number of halogens is 1. The summed E-state index contributed by atoms with van der Waals surface area (Å²) in [6.07, 6.45) is 0. The van der Waals surface area contributed by atoms with E-state index in [0.29, 0.717) is 10.5 Å². The first-order valence-electron chi connectivity index (χ1n) is 9.53. The topological polar surface area (TPSA) is 4.93 Å². The van der Waals surface area contributed by atoms with E-state index in [1.165, 1.54) is 10.9 Å². The predicted molar refractivity (Wildman–Crippen MR) is 123 cm³/mol. The molecule has 2 radical (unpaired) electrons. The van der Waals surface area contributed by atoms with Crippen LogP contribution in [0.2, 0.25) is 5.02 Å². The van der Waals surface area contributed by atoms with Crippen molar-refractivity contribution in [3.8, 4) is 16.9 Å². The zero-order chi connectivity index (χ0) is 20.1. The molecule has 3 aromatic carbocycles. The normalized spacial score (nSPS) is 11.9. The number of hydrogen-bond donors (Lipinski definition) is 0. The Morgan fingerprint density at radius 1 is 0.893 bits per heavy atom. The molecule has 0 N–H and O–H groups in total. The Morgan fingerprint density at radius 2 is 1.57 bits per heavy atom. The van der Waals surface area contributed by atoms with Crippen molar-refractivity contribution in [1.29, 1.82) is 0 Å². The average molecular weight is 384 g/mol. The van der Waals surface area contributed by atoms with Gasteiger partial charge in [0.05, 0.1) is 21.9 Å². The van der Waals surface area contributed by atoms with E-state index < -0.39 is 0 Å². The van der Waals surface area contributed by atoms with Crippen molar-refractivity contribution in [3.05, 3.63) is 82.9 Å². The van der Waals surface area contributed by atoms with E-state index >= 15 is 0 Å². The van der Waals surface area contributed by atoms with Gasteiger partial charge in [-0.05, 0) is 47.2 Å². The van der Waals surface area contributed by atoms with Crippen LogP contribution in [0, 0.1) is 6.92 Å². The molecule has 138 valence electrons. The highest BCUT2D eigenvalue weighted by Crippen LogP contribution is 2.35. The van der Waals surface area contributed by atoms with E-state index in [9.17, 15) is 0 Å². The predicted octanol–water partition coefficient (Wildman–Crippen LogP) is 6.35. The molecule has 0 amide bonds. The van der Waals surface area contributed by atoms with Gasteiger partial charge in [-0.15, -0.1) is 0 Å². The summed E-state index contributed by atoms with van der Waals surface area (Å²) < 4.78 is 2.22. The van der Waals surface area contributed by atoms with Gasteiger partial charge >= 0.3 is 0 Å². The van der Waals surface area contributed by atoms with E-state index in [4.69, 9.17) is 19.4 Å². The Balaban J connectivity index is 2.00. The quantitative estimate of drug-likeness (QED) is 0.355.